The number of benzene rings is 3. The molecule has 8 heteroatoms. The molecule has 6 nitrogen and oxygen atoms in total. The van der Waals surface area contributed by atoms with E-state index in [1.165, 1.54) is 18.3 Å². The molecule has 1 atom stereocenters. The molecule has 0 fully saturated rings. The molecule has 0 unspecified atom stereocenters. The minimum Gasteiger partial charge on any atom is -0.271 e. The highest BCUT2D eigenvalue weighted by Crippen LogP contribution is 2.13. The number of carbonyl (C=O) groups is 1. The summed E-state index contributed by atoms with van der Waals surface area (Å²) in [6.45, 7) is 1.87. The van der Waals surface area contributed by atoms with E-state index >= 15 is 0 Å². The largest absolute Gasteiger partial charge is 0.271 e. The number of amides is 1. The van der Waals surface area contributed by atoms with Gasteiger partial charge in [0, 0.05) is 4.47 Å². The standard InChI is InChI=1S/C23H22BrN3O3S/c1-17-7-13-21(14-8-17)31(29,30)27-22(15-18-5-3-2-4-6-18)23(28)26-25-16-19-9-11-20(24)12-10-19/h2-14,16,22,27H,15H2,1H3,(H,26,28)/b25-16+/t22-/m0/s1. The normalized spacial score (nSPS) is 12.6. The minimum atomic E-state index is -3.89. The van der Waals surface area contributed by atoms with E-state index in [1.54, 1.807) is 12.1 Å². The third kappa shape index (κ3) is 6.85. The van der Waals surface area contributed by atoms with E-state index in [0.29, 0.717) is 0 Å². The van der Waals surface area contributed by atoms with Crippen LogP contribution in [0.4, 0.5) is 0 Å². The van der Waals surface area contributed by atoms with Gasteiger partial charge in [-0.3, -0.25) is 4.79 Å². The van der Waals surface area contributed by atoms with Gasteiger partial charge in [-0.1, -0.05) is 76.1 Å². The lowest BCUT2D eigenvalue weighted by Gasteiger charge is -2.17. The Kier molecular flexibility index (Phi) is 7.73. The van der Waals surface area contributed by atoms with Crippen LogP contribution >= 0.6 is 15.9 Å². The summed E-state index contributed by atoms with van der Waals surface area (Å²) in [5.41, 5.74) is 5.01. The van der Waals surface area contributed by atoms with Crippen LogP contribution < -0.4 is 10.1 Å². The second-order valence-corrected chi connectivity index (χ2v) is 9.59. The van der Waals surface area contributed by atoms with Crippen molar-refractivity contribution < 1.29 is 13.2 Å². The summed E-state index contributed by atoms with van der Waals surface area (Å²) in [6.07, 6.45) is 1.68. The number of carbonyl (C=O) groups excluding carboxylic acids is 1. The second kappa shape index (κ2) is 10.5. The van der Waals surface area contributed by atoms with Gasteiger partial charge in [-0.25, -0.2) is 13.8 Å². The van der Waals surface area contributed by atoms with Crippen molar-refractivity contribution in [3.8, 4) is 0 Å². The fraction of sp³-hybridized carbons (Fsp3) is 0.130. The number of nitrogens with zero attached hydrogens (tertiary/aromatic N) is 1. The number of rotatable bonds is 8. The van der Waals surface area contributed by atoms with Crippen LogP contribution in [0.25, 0.3) is 0 Å². The summed E-state index contributed by atoms with van der Waals surface area (Å²) < 4.78 is 29.1. The van der Waals surface area contributed by atoms with Gasteiger partial charge >= 0.3 is 0 Å². The Hall–Kier alpha value is -2.81. The third-order valence-electron chi connectivity index (χ3n) is 4.49. The van der Waals surface area contributed by atoms with Crippen LogP contribution in [0.15, 0.2) is 93.3 Å². The number of hydrogen-bond acceptors (Lipinski definition) is 4. The molecule has 3 aromatic rings. The van der Waals surface area contributed by atoms with E-state index in [9.17, 15) is 13.2 Å². The number of aryl methyl sites for hydroxylation is 1. The van der Waals surface area contributed by atoms with Gasteiger partial charge in [-0.15, -0.1) is 0 Å². The predicted molar refractivity (Wildman–Crippen MR) is 125 cm³/mol. The van der Waals surface area contributed by atoms with Crippen LogP contribution in [-0.2, 0) is 21.2 Å². The van der Waals surface area contributed by atoms with Gasteiger partial charge in [-0.2, -0.15) is 9.82 Å². The summed E-state index contributed by atoms with van der Waals surface area (Å²) in [5.74, 6) is -0.548. The average Bonchev–Trinajstić information content (AvgIpc) is 2.75. The fourth-order valence-electron chi connectivity index (χ4n) is 2.81. The van der Waals surface area contributed by atoms with Crippen molar-refractivity contribution in [3.63, 3.8) is 0 Å². The van der Waals surface area contributed by atoms with Crippen molar-refractivity contribution >= 4 is 38.1 Å². The molecule has 31 heavy (non-hydrogen) atoms. The highest BCUT2D eigenvalue weighted by molar-refractivity contribution is 9.10. The maximum atomic E-state index is 12.8. The zero-order valence-electron chi connectivity index (χ0n) is 16.8. The fourth-order valence-corrected chi connectivity index (χ4v) is 4.27. The van der Waals surface area contributed by atoms with Gasteiger partial charge in [0.2, 0.25) is 10.0 Å². The Morgan fingerprint density at radius 2 is 1.65 bits per heavy atom. The molecule has 2 N–H and O–H groups in total. The van der Waals surface area contributed by atoms with E-state index < -0.39 is 22.0 Å². The van der Waals surface area contributed by atoms with E-state index in [-0.39, 0.29) is 11.3 Å². The first kappa shape index (κ1) is 22.9. The molecule has 3 rings (SSSR count). The Morgan fingerprint density at radius 3 is 2.29 bits per heavy atom. The number of hydrogen-bond donors (Lipinski definition) is 2. The Labute approximate surface area is 190 Å². The smallest absolute Gasteiger partial charge is 0.258 e. The van der Waals surface area contributed by atoms with Crippen molar-refractivity contribution in [3.05, 3.63) is 100 Å². The number of sulfonamides is 1. The van der Waals surface area contributed by atoms with E-state index in [1.807, 2.05) is 61.5 Å². The molecule has 0 radical (unpaired) electrons. The molecule has 0 aliphatic heterocycles. The zero-order valence-corrected chi connectivity index (χ0v) is 19.2. The molecule has 0 heterocycles. The van der Waals surface area contributed by atoms with Gasteiger partial charge in [0.15, 0.2) is 0 Å². The van der Waals surface area contributed by atoms with Crippen LogP contribution in [0, 0.1) is 6.92 Å². The van der Waals surface area contributed by atoms with Crippen molar-refractivity contribution in [2.75, 3.05) is 0 Å². The summed E-state index contributed by atoms with van der Waals surface area (Å²) in [7, 11) is -3.89. The summed E-state index contributed by atoms with van der Waals surface area (Å²) in [6, 6.07) is 22.0. The van der Waals surface area contributed by atoms with Gasteiger partial charge in [0.25, 0.3) is 5.91 Å². The lowest BCUT2D eigenvalue weighted by molar-refractivity contribution is -0.122. The number of hydrazone groups is 1. The van der Waals surface area contributed by atoms with E-state index in [4.69, 9.17) is 0 Å². The molecule has 3 aromatic carbocycles. The highest BCUT2D eigenvalue weighted by atomic mass is 79.9. The lowest BCUT2D eigenvalue weighted by atomic mass is 10.1. The highest BCUT2D eigenvalue weighted by Gasteiger charge is 2.26. The van der Waals surface area contributed by atoms with Gasteiger partial charge in [0.1, 0.15) is 6.04 Å². The molecule has 0 bridgehead atoms. The molecular formula is C23H22BrN3O3S. The van der Waals surface area contributed by atoms with Crippen LogP contribution in [0.3, 0.4) is 0 Å². The lowest BCUT2D eigenvalue weighted by Crippen LogP contribution is -2.46. The van der Waals surface area contributed by atoms with Crippen LogP contribution in [0.5, 0.6) is 0 Å². The van der Waals surface area contributed by atoms with Crippen molar-refractivity contribution in [2.45, 2.75) is 24.3 Å². The van der Waals surface area contributed by atoms with Gasteiger partial charge in [0.05, 0.1) is 11.1 Å². The maximum Gasteiger partial charge on any atom is 0.258 e. The second-order valence-electron chi connectivity index (χ2n) is 6.96. The molecule has 0 aliphatic rings. The van der Waals surface area contributed by atoms with Crippen LogP contribution in [-0.4, -0.2) is 26.6 Å². The molecule has 1 amide bonds. The van der Waals surface area contributed by atoms with Crippen LogP contribution in [0.2, 0.25) is 0 Å². The van der Waals surface area contributed by atoms with Crippen molar-refractivity contribution in [1.29, 1.82) is 0 Å². The van der Waals surface area contributed by atoms with Crippen LogP contribution in [0.1, 0.15) is 16.7 Å². The zero-order chi connectivity index (χ0) is 22.3. The van der Waals surface area contributed by atoms with Crippen molar-refractivity contribution in [1.82, 2.24) is 10.1 Å². The summed E-state index contributed by atoms with van der Waals surface area (Å²) >= 11 is 3.36. The first-order chi connectivity index (χ1) is 14.8. The van der Waals surface area contributed by atoms with E-state index in [0.717, 1.165) is 21.2 Å². The topological polar surface area (TPSA) is 87.6 Å². The molecule has 160 valence electrons. The Bertz CT molecular complexity index is 1150. The van der Waals surface area contributed by atoms with Crippen molar-refractivity contribution in [2.24, 2.45) is 5.10 Å². The first-order valence-corrected chi connectivity index (χ1v) is 11.8. The summed E-state index contributed by atoms with van der Waals surface area (Å²) in [4.78, 5) is 12.9. The monoisotopic (exact) mass is 499 g/mol. The molecule has 0 spiro atoms. The molecule has 0 aliphatic carbocycles. The molecular weight excluding hydrogens is 478 g/mol. The summed E-state index contributed by atoms with van der Waals surface area (Å²) in [5, 5.41) is 3.97. The number of halogens is 1. The first-order valence-electron chi connectivity index (χ1n) is 9.55. The SMILES string of the molecule is Cc1ccc(S(=O)(=O)N[C@@H](Cc2ccccc2)C(=O)N/N=C/c2ccc(Br)cc2)cc1. The predicted octanol–water partition coefficient (Wildman–Crippen LogP) is 3.80. The third-order valence-corrected chi connectivity index (χ3v) is 6.50. The molecule has 0 saturated carbocycles. The molecule has 0 aromatic heterocycles. The maximum absolute atomic E-state index is 12.8. The van der Waals surface area contributed by atoms with Gasteiger partial charge in [-0.05, 0) is 48.7 Å². The van der Waals surface area contributed by atoms with Gasteiger partial charge < -0.3 is 0 Å². The molecule has 0 saturated heterocycles. The van der Waals surface area contributed by atoms with E-state index in [2.05, 4.69) is 31.2 Å². The Morgan fingerprint density at radius 1 is 1.00 bits per heavy atom. The number of nitrogens with one attached hydrogen (secondary N) is 2. The average molecular weight is 500 g/mol. The Balaban J connectivity index is 1.77. The minimum absolute atomic E-state index is 0.0994. The quantitative estimate of drug-likeness (QED) is 0.365.